The Morgan fingerprint density at radius 1 is 1.10 bits per heavy atom. The van der Waals surface area contributed by atoms with Gasteiger partial charge in [-0.25, -0.2) is 4.99 Å². The molecule has 152 valence electrons. The normalized spacial score (nSPS) is 22.0. The highest BCUT2D eigenvalue weighted by molar-refractivity contribution is 5.95. The molecule has 0 radical (unpaired) electrons. The van der Waals surface area contributed by atoms with E-state index in [1.807, 2.05) is 42.6 Å². The third kappa shape index (κ3) is 5.43. The molecule has 0 aliphatic carbocycles. The van der Waals surface area contributed by atoms with Crippen LogP contribution in [0.3, 0.4) is 0 Å². The van der Waals surface area contributed by atoms with E-state index < -0.39 is 5.66 Å². The molecule has 1 aromatic carbocycles. The lowest BCUT2D eigenvalue weighted by atomic mass is 10.0. The van der Waals surface area contributed by atoms with Gasteiger partial charge in [0.1, 0.15) is 5.66 Å². The molecule has 1 fully saturated rings. The predicted molar refractivity (Wildman–Crippen MR) is 119 cm³/mol. The van der Waals surface area contributed by atoms with Gasteiger partial charge in [-0.15, -0.1) is 0 Å². The van der Waals surface area contributed by atoms with Crippen LogP contribution in [-0.4, -0.2) is 41.1 Å². The number of rotatable bonds is 6. The summed E-state index contributed by atoms with van der Waals surface area (Å²) >= 11 is 0. The van der Waals surface area contributed by atoms with Gasteiger partial charge in [-0.3, -0.25) is 4.98 Å². The molecule has 3 heterocycles. The molecule has 1 saturated heterocycles. The van der Waals surface area contributed by atoms with Crippen LogP contribution in [0.15, 0.2) is 65.9 Å². The summed E-state index contributed by atoms with van der Waals surface area (Å²) in [5, 5.41) is 6.53. The van der Waals surface area contributed by atoms with Gasteiger partial charge in [-0.2, -0.15) is 0 Å². The van der Waals surface area contributed by atoms with Crippen molar-refractivity contribution in [1.29, 1.82) is 0 Å². The number of piperidine rings is 1. The third-order valence-electron chi connectivity index (χ3n) is 5.50. The highest BCUT2D eigenvalue weighted by atomic mass is 15.2. The van der Waals surface area contributed by atoms with Crippen molar-refractivity contribution in [2.24, 2.45) is 10.7 Å². The number of nitrogens with zero attached hydrogens (tertiary/aromatic N) is 3. The fourth-order valence-electron chi connectivity index (χ4n) is 3.94. The monoisotopic (exact) mass is 390 g/mol. The van der Waals surface area contributed by atoms with Crippen LogP contribution in [0.25, 0.3) is 11.3 Å². The first-order valence-corrected chi connectivity index (χ1v) is 10.5. The number of anilines is 1. The van der Waals surface area contributed by atoms with Gasteiger partial charge in [-0.1, -0.05) is 24.6 Å². The Kier molecular flexibility index (Phi) is 6.22. The molecule has 0 saturated carbocycles. The highest BCUT2D eigenvalue weighted by Crippen LogP contribution is 2.22. The maximum Gasteiger partial charge on any atom is 0.202 e. The Hall–Kier alpha value is -2.70. The molecule has 6 heteroatoms. The van der Waals surface area contributed by atoms with E-state index in [0.29, 0.717) is 5.96 Å². The van der Waals surface area contributed by atoms with Crippen molar-refractivity contribution in [3.63, 3.8) is 0 Å². The molecule has 4 rings (SSSR count). The quantitative estimate of drug-likeness (QED) is 0.703. The Bertz CT molecular complexity index is 857. The smallest absolute Gasteiger partial charge is 0.202 e. The molecular formula is C23H30N6. The van der Waals surface area contributed by atoms with Crippen molar-refractivity contribution in [2.75, 3.05) is 25.0 Å². The van der Waals surface area contributed by atoms with E-state index in [-0.39, 0.29) is 0 Å². The van der Waals surface area contributed by atoms with Crippen LogP contribution in [0.5, 0.6) is 0 Å². The van der Waals surface area contributed by atoms with E-state index >= 15 is 0 Å². The molecule has 0 bridgehead atoms. The van der Waals surface area contributed by atoms with Crippen LogP contribution in [0.4, 0.5) is 5.69 Å². The fraction of sp³-hybridized carbons (Fsp3) is 0.391. The number of aliphatic imine (C=N–C) groups is 1. The molecule has 2 aromatic rings. The molecule has 2 aliphatic heterocycles. The Labute approximate surface area is 172 Å². The van der Waals surface area contributed by atoms with Gasteiger partial charge >= 0.3 is 0 Å². The average Bonchev–Trinajstić information content (AvgIpc) is 2.75. The standard InChI is InChI=1S/C23H30N6/c24-23(11-7-17-29-15-4-1-5-16-29)12-14-26-22(28-23)27-20-9-6-8-19(18-20)21-10-2-3-13-25-21/h2-3,6,8-10,12-14,18H,1,4-5,7,11,15-17,24H2,(H2,26,27,28). The maximum absolute atomic E-state index is 6.56. The first-order chi connectivity index (χ1) is 14.2. The van der Waals surface area contributed by atoms with Crippen molar-refractivity contribution in [1.82, 2.24) is 15.2 Å². The number of hydrogen-bond donors (Lipinski definition) is 3. The Morgan fingerprint density at radius 3 is 2.83 bits per heavy atom. The van der Waals surface area contributed by atoms with Crippen molar-refractivity contribution < 1.29 is 0 Å². The van der Waals surface area contributed by atoms with Gasteiger partial charge in [0, 0.05) is 23.6 Å². The number of guanidine groups is 1. The number of benzene rings is 1. The van der Waals surface area contributed by atoms with Crippen molar-refractivity contribution in [3.05, 3.63) is 60.9 Å². The predicted octanol–water partition coefficient (Wildman–Crippen LogP) is 3.55. The first-order valence-electron chi connectivity index (χ1n) is 10.5. The minimum Gasteiger partial charge on any atom is -0.333 e. The van der Waals surface area contributed by atoms with Gasteiger partial charge in [-0.05, 0) is 75.7 Å². The molecule has 1 aromatic heterocycles. The van der Waals surface area contributed by atoms with E-state index in [1.165, 1.54) is 32.4 Å². The molecule has 4 N–H and O–H groups in total. The molecule has 1 atom stereocenters. The van der Waals surface area contributed by atoms with E-state index in [9.17, 15) is 0 Å². The maximum atomic E-state index is 6.56. The van der Waals surface area contributed by atoms with Crippen LogP contribution in [0.1, 0.15) is 32.1 Å². The SMILES string of the molecule is NC1(CCCN2CCCCC2)C=CNC(Nc2cccc(-c3ccccn3)c2)=N1. The van der Waals surface area contributed by atoms with Crippen LogP contribution in [0.2, 0.25) is 0 Å². The summed E-state index contributed by atoms with van der Waals surface area (Å²) in [7, 11) is 0. The minimum atomic E-state index is -0.665. The van der Waals surface area contributed by atoms with Crippen LogP contribution < -0.4 is 16.4 Å². The van der Waals surface area contributed by atoms with Gasteiger partial charge < -0.3 is 21.3 Å². The lowest BCUT2D eigenvalue weighted by Crippen LogP contribution is -2.44. The summed E-state index contributed by atoms with van der Waals surface area (Å²) < 4.78 is 0. The number of hydrogen-bond acceptors (Lipinski definition) is 6. The topological polar surface area (TPSA) is 78.6 Å². The van der Waals surface area contributed by atoms with Crippen LogP contribution >= 0.6 is 0 Å². The summed E-state index contributed by atoms with van der Waals surface area (Å²) in [6.07, 6.45) is 11.5. The zero-order valence-electron chi connectivity index (χ0n) is 16.8. The summed E-state index contributed by atoms with van der Waals surface area (Å²) in [6.45, 7) is 3.54. The molecule has 0 amide bonds. The molecule has 0 spiro atoms. The van der Waals surface area contributed by atoms with Gasteiger partial charge in [0.05, 0.1) is 5.69 Å². The van der Waals surface area contributed by atoms with Crippen LogP contribution in [0, 0.1) is 0 Å². The lowest BCUT2D eigenvalue weighted by molar-refractivity contribution is 0.220. The summed E-state index contributed by atoms with van der Waals surface area (Å²) in [5.41, 5.74) is 8.84. The van der Waals surface area contributed by atoms with Crippen molar-refractivity contribution >= 4 is 11.6 Å². The second kappa shape index (κ2) is 9.20. The first kappa shape index (κ1) is 19.6. The Balaban J connectivity index is 1.38. The number of pyridine rings is 1. The second-order valence-electron chi connectivity index (χ2n) is 7.86. The molecular weight excluding hydrogens is 360 g/mol. The fourth-order valence-corrected chi connectivity index (χ4v) is 3.94. The van der Waals surface area contributed by atoms with E-state index in [2.05, 4.69) is 32.7 Å². The second-order valence-corrected chi connectivity index (χ2v) is 7.86. The van der Waals surface area contributed by atoms with Gasteiger partial charge in [0.25, 0.3) is 0 Å². The molecule has 1 unspecified atom stereocenters. The van der Waals surface area contributed by atoms with Gasteiger partial charge in [0.15, 0.2) is 0 Å². The summed E-state index contributed by atoms with van der Waals surface area (Å²) in [4.78, 5) is 11.7. The largest absolute Gasteiger partial charge is 0.333 e. The number of likely N-dealkylation sites (tertiary alicyclic amines) is 1. The summed E-state index contributed by atoms with van der Waals surface area (Å²) in [6, 6.07) is 14.1. The van der Waals surface area contributed by atoms with E-state index in [0.717, 1.165) is 36.3 Å². The zero-order valence-corrected chi connectivity index (χ0v) is 16.8. The minimum absolute atomic E-state index is 0.665. The number of aromatic nitrogens is 1. The van der Waals surface area contributed by atoms with Gasteiger partial charge in [0.2, 0.25) is 5.96 Å². The molecule has 6 nitrogen and oxygen atoms in total. The summed E-state index contributed by atoms with van der Waals surface area (Å²) in [5.74, 6) is 0.672. The highest BCUT2D eigenvalue weighted by Gasteiger charge is 2.24. The average molecular weight is 391 g/mol. The van der Waals surface area contributed by atoms with E-state index in [4.69, 9.17) is 10.7 Å². The number of nitrogens with one attached hydrogen (secondary N) is 2. The zero-order chi connectivity index (χ0) is 19.9. The van der Waals surface area contributed by atoms with Crippen molar-refractivity contribution in [2.45, 2.75) is 37.8 Å². The lowest BCUT2D eigenvalue weighted by Gasteiger charge is -2.30. The third-order valence-corrected chi connectivity index (χ3v) is 5.50. The molecule has 29 heavy (non-hydrogen) atoms. The number of nitrogens with two attached hydrogens (primary N) is 1. The molecule has 2 aliphatic rings. The Morgan fingerprint density at radius 2 is 2.00 bits per heavy atom. The van der Waals surface area contributed by atoms with Crippen molar-refractivity contribution in [3.8, 4) is 11.3 Å². The van der Waals surface area contributed by atoms with Crippen LogP contribution in [-0.2, 0) is 0 Å². The van der Waals surface area contributed by atoms with E-state index in [1.54, 1.807) is 6.20 Å².